The van der Waals surface area contributed by atoms with Gasteiger partial charge in [-0.1, -0.05) is 35.5 Å². The molecule has 38 heavy (non-hydrogen) atoms. The van der Waals surface area contributed by atoms with Crippen molar-refractivity contribution in [2.45, 2.75) is 31.7 Å². The molecule has 0 bridgehead atoms. The summed E-state index contributed by atoms with van der Waals surface area (Å²) in [6.45, 7) is 4.86. The molecule has 0 aliphatic heterocycles. The molecule has 7 nitrogen and oxygen atoms in total. The number of alkyl halides is 3. The average molecular weight is 542 g/mol. The number of nitrogens with one attached hydrogen (secondary N) is 2. The fourth-order valence-corrected chi connectivity index (χ4v) is 4.35. The number of carbonyl (C=O) groups excluding carboxylic acids is 1. The molecule has 198 valence electrons. The minimum Gasteiger partial charge on any atom is -0.494 e. The number of benzene rings is 3. The van der Waals surface area contributed by atoms with E-state index in [1.165, 1.54) is 12.1 Å². The first-order valence-corrected chi connectivity index (χ1v) is 12.8. The van der Waals surface area contributed by atoms with Crippen LogP contribution < -0.4 is 15.4 Å². The molecule has 0 atom stereocenters. The Hall–Kier alpha value is -3.99. The zero-order chi connectivity index (χ0) is 27.1. The molecule has 0 unspecified atom stereocenters. The van der Waals surface area contributed by atoms with E-state index in [2.05, 4.69) is 20.8 Å². The number of amides is 1. The van der Waals surface area contributed by atoms with Gasteiger partial charge in [0.1, 0.15) is 5.75 Å². The van der Waals surface area contributed by atoms with Gasteiger partial charge in [-0.3, -0.25) is 9.36 Å². The Bertz CT molecular complexity index is 1370. The summed E-state index contributed by atoms with van der Waals surface area (Å²) in [6.07, 6.45) is -4.49. The first-order chi connectivity index (χ1) is 18.2. The lowest BCUT2D eigenvalue weighted by Crippen LogP contribution is -2.15. The van der Waals surface area contributed by atoms with E-state index in [-0.39, 0.29) is 11.4 Å². The standard InChI is InChI=1S/C27H26F3N5O2S/c1-3-37-23-13-9-20(10-14-23)31-16-24-33-34-26(35(24)22-11-7-18(2)8-12-22)38-17-25(36)32-21-6-4-5-19(15-21)27(28,29)30/h4-15,31H,3,16-17H2,1-2H3,(H,32,36). The quantitative estimate of drug-likeness (QED) is 0.228. The van der Waals surface area contributed by atoms with Crippen LogP contribution in [0, 0.1) is 6.92 Å². The SMILES string of the molecule is CCOc1ccc(NCc2nnc(SCC(=O)Nc3cccc(C(F)(F)F)c3)n2-c2ccc(C)cc2)cc1. The normalized spacial score (nSPS) is 11.3. The summed E-state index contributed by atoms with van der Waals surface area (Å²) in [5.74, 6) is 0.889. The lowest BCUT2D eigenvalue weighted by molar-refractivity contribution is -0.137. The summed E-state index contributed by atoms with van der Waals surface area (Å²) < 4.78 is 46.3. The number of aryl methyl sites for hydroxylation is 1. The van der Waals surface area contributed by atoms with E-state index in [0.717, 1.165) is 46.6 Å². The lowest BCUT2D eigenvalue weighted by atomic mass is 10.2. The highest BCUT2D eigenvalue weighted by Gasteiger charge is 2.30. The molecule has 0 fully saturated rings. The van der Waals surface area contributed by atoms with Crippen molar-refractivity contribution in [3.63, 3.8) is 0 Å². The summed E-state index contributed by atoms with van der Waals surface area (Å²) >= 11 is 1.14. The van der Waals surface area contributed by atoms with Gasteiger partial charge in [0.15, 0.2) is 11.0 Å². The van der Waals surface area contributed by atoms with Crippen molar-refractivity contribution in [2.24, 2.45) is 0 Å². The number of rotatable bonds is 10. The second-order valence-electron chi connectivity index (χ2n) is 8.30. The molecule has 4 rings (SSSR count). The molecule has 1 aromatic heterocycles. The fraction of sp³-hybridized carbons (Fsp3) is 0.222. The van der Waals surface area contributed by atoms with Gasteiger partial charge in [0.2, 0.25) is 5.91 Å². The second kappa shape index (κ2) is 12.0. The van der Waals surface area contributed by atoms with Crippen LogP contribution in [0.15, 0.2) is 78.0 Å². The number of halogens is 3. The van der Waals surface area contributed by atoms with Gasteiger partial charge in [0, 0.05) is 17.1 Å². The van der Waals surface area contributed by atoms with Crippen molar-refractivity contribution < 1.29 is 22.7 Å². The number of hydrogen-bond donors (Lipinski definition) is 2. The number of hydrogen-bond acceptors (Lipinski definition) is 6. The van der Waals surface area contributed by atoms with Crippen LogP contribution in [0.25, 0.3) is 5.69 Å². The van der Waals surface area contributed by atoms with Crippen molar-refractivity contribution >= 4 is 29.0 Å². The monoisotopic (exact) mass is 541 g/mol. The predicted molar refractivity (Wildman–Crippen MR) is 142 cm³/mol. The van der Waals surface area contributed by atoms with E-state index in [1.807, 2.05) is 66.9 Å². The van der Waals surface area contributed by atoms with E-state index in [0.29, 0.717) is 24.1 Å². The van der Waals surface area contributed by atoms with Crippen LogP contribution in [0.3, 0.4) is 0 Å². The van der Waals surface area contributed by atoms with Gasteiger partial charge in [-0.05, 0) is 68.4 Å². The first kappa shape index (κ1) is 27.1. The Kier molecular flexibility index (Phi) is 8.57. The summed E-state index contributed by atoms with van der Waals surface area (Å²) in [4.78, 5) is 12.5. The molecular formula is C27H26F3N5O2S. The number of nitrogens with zero attached hydrogens (tertiary/aromatic N) is 3. The average Bonchev–Trinajstić information content (AvgIpc) is 3.30. The van der Waals surface area contributed by atoms with Crippen LogP contribution in [-0.2, 0) is 17.5 Å². The second-order valence-corrected chi connectivity index (χ2v) is 9.24. The predicted octanol–water partition coefficient (Wildman–Crippen LogP) is 6.34. The summed E-state index contributed by atoms with van der Waals surface area (Å²) in [7, 11) is 0. The van der Waals surface area contributed by atoms with Crippen LogP contribution >= 0.6 is 11.8 Å². The van der Waals surface area contributed by atoms with Gasteiger partial charge in [-0.25, -0.2) is 0 Å². The Morgan fingerprint density at radius 2 is 1.74 bits per heavy atom. The first-order valence-electron chi connectivity index (χ1n) is 11.8. The van der Waals surface area contributed by atoms with Crippen molar-refractivity contribution in [3.8, 4) is 11.4 Å². The van der Waals surface area contributed by atoms with Crippen LogP contribution in [0.4, 0.5) is 24.5 Å². The molecule has 0 saturated heterocycles. The third kappa shape index (κ3) is 7.06. The Labute approximate surface area is 222 Å². The number of ether oxygens (including phenoxy) is 1. The molecule has 0 saturated carbocycles. The molecule has 0 aliphatic carbocycles. The van der Waals surface area contributed by atoms with Gasteiger partial charge in [-0.2, -0.15) is 13.2 Å². The van der Waals surface area contributed by atoms with Crippen molar-refractivity contribution in [1.29, 1.82) is 0 Å². The Balaban J connectivity index is 1.47. The molecule has 11 heteroatoms. The highest BCUT2D eigenvalue weighted by molar-refractivity contribution is 7.99. The number of aromatic nitrogens is 3. The molecular weight excluding hydrogens is 515 g/mol. The van der Waals surface area contributed by atoms with Crippen LogP contribution in [0.1, 0.15) is 23.9 Å². The van der Waals surface area contributed by atoms with Crippen LogP contribution in [-0.4, -0.2) is 33.0 Å². The topological polar surface area (TPSA) is 81.1 Å². The summed E-state index contributed by atoms with van der Waals surface area (Å²) in [5, 5.41) is 14.9. The largest absolute Gasteiger partial charge is 0.494 e. The van der Waals surface area contributed by atoms with E-state index < -0.39 is 17.6 Å². The molecule has 4 aromatic rings. The maximum atomic E-state index is 13.0. The number of thioether (sulfide) groups is 1. The third-order valence-electron chi connectivity index (χ3n) is 5.41. The lowest BCUT2D eigenvalue weighted by Gasteiger charge is -2.12. The van der Waals surface area contributed by atoms with Gasteiger partial charge >= 0.3 is 6.18 Å². The molecule has 3 aromatic carbocycles. The Morgan fingerprint density at radius 3 is 2.42 bits per heavy atom. The van der Waals surface area contributed by atoms with Crippen molar-refractivity contribution in [2.75, 3.05) is 23.0 Å². The highest BCUT2D eigenvalue weighted by Crippen LogP contribution is 2.31. The molecule has 0 radical (unpaired) electrons. The van der Waals surface area contributed by atoms with Crippen LogP contribution in [0.5, 0.6) is 5.75 Å². The molecule has 1 amide bonds. The number of carbonyl (C=O) groups is 1. The zero-order valence-corrected chi connectivity index (χ0v) is 21.6. The van der Waals surface area contributed by atoms with Crippen molar-refractivity contribution in [3.05, 3.63) is 89.7 Å². The molecule has 0 aliphatic rings. The van der Waals surface area contributed by atoms with Gasteiger partial charge in [-0.15, -0.1) is 10.2 Å². The number of anilines is 2. The van der Waals surface area contributed by atoms with Gasteiger partial charge in [0.05, 0.1) is 24.5 Å². The highest BCUT2D eigenvalue weighted by atomic mass is 32.2. The third-order valence-corrected chi connectivity index (χ3v) is 6.34. The smallest absolute Gasteiger partial charge is 0.416 e. The summed E-state index contributed by atoms with van der Waals surface area (Å²) in [5.41, 5.74) is 2.04. The minimum atomic E-state index is -4.49. The molecule has 2 N–H and O–H groups in total. The van der Waals surface area contributed by atoms with E-state index in [1.54, 1.807) is 0 Å². The van der Waals surface area contributed by atoms with E-state index in [9.17, 15) is 18.0 Å². The maximum absolute atomic E-state index is 13.0. The maximum Gasteiger partial charge on any atom is 0.416 e. The molecule has 1 heterocycles. The Morgan fingerprint density at radius 1 is 1.00 bits per heavy atom. The van der Waals surface area contributed by atoms with Gasteiger partial charge in [0.25, 0.3) is 0 Å². The zero-order valence-electron chi connectivity index (χ0n) is 20.7. The van der Waals surface area contributed by atoms with Crippen molar-refractivity contribution in [1.82, 2.24) is 14.8 Å². The summed E-state index contributed by atoms with van der Waals surface area (Å²) in [6, 6.07) is 19.9. The minimum absolute atomic E-state index is 0.0629. The molecule has 0 spiro atoms. The fourth-order valence-electron chi connectivity index (χ4n) is 3.58. The van der Waals surface area contributed by atoms with E-state index in [4.69, 9.17) is 4.74 Å². The van der Waals surface area contributed by atoms with E-state index >= 15 is 0 Å². The van der Waals surface area contributed by atoms with Gasteiger partial charge < -0.3 is 15.4 Å². The van der Waals surface area contributed by atoms with Crippen LogP contribution in [0.2, 0.25) is 0 Å².